The average molecular weight is 559 g/mol. The molecule has 0 bridgehead atoms. The monoisotopic (exact) mass is 558 g/mol. The third kappa shape index (κ3) is 11.8. The lowest BCUT2D eigenvalue weighted by Gasteiger charge is -2.31. The Kier molecular flexibility index (Phi) is 14.1. The number of para-hydroxylation sites is 2. The lowest BCUT2D eigenvalue weighted by atomic mass is 10.1. The summed E-state index contributed by atoms with van der Waals surface area (Å²) in [7, 11) is 0. The molecule has 3 rings (SSSR count). The quantitative estimate of drug-likeness (QED) is 0.0960. The van der Waals surface area contributed by atoms with E-state index in [2.05, 4.69) is 21.6 Å². The van der Waals surface area contributed by atoms with E-state index in [9.17, 15) is 14.7 Å². The smallest absolute Gasteiger partial charge is 0.333 e. The molecule has 2 atom stereocenters. The molecule has 2 aromatic rings. The molecule has 1 heterocycles. The summed E-state index contributed by atoms with van der Waals surface area (Å²) >= 11 is 0. The van der Waals surface area contributed by atoms with Crippen molar-refractivity contribution in [3.8, 4) is 5.75 Å². The lowest BCUT2D eigenvalue weighted by Crippen LogP contribution is -2.34. The number of carboxylic acids is 2. The van der Waals surface area contributed by atoms with Crippen molar-refractivity contribution in [3.63, 3.8) is 0 Å². The van der Waals surface area contributed by atoms with Gasteiger partial charge < -0.3 is 46.7 Å². The molecule has 12 nitrogen and oxygen atoms in total. The normalized spacial score (nSPS) is 13.5. The van der Waals surface area contributed by atoms with Crippen LogP contribution in [-0.2, 0) is 20.7 Å². The number of aliphatic carboxylic acids is 2. The molecule has 0 spiro atoms. The number of guanidine groups is 1. The Morgan fingerprint density at radius 2 is 1.82 bits per heavy atom. The van der Waals surface area contributed by atoms with Crippen LogP contribution in [0.2, 0.25) is 0 Å². The Morgan fingerprint density at radius 1 is 1.10 bits per heavy atom. The first kappa shape index (κ1) is 32.2. The van der Waals surface area contributed by atoms with Gasteiger partial charge in [0.05, 0.1) is 12.2 Å². The van der Waals surface area contributed by atoms with Crippen LogP contribution in [0.3, 0.4) is 0 Å². The number of ether oxygens (including phenoxy) is 2. The zero-order chi connectivity index (χ0) is 29.3. The van der Waals surface area contributed by atoms with Gasteiger partial charge in [0, 0.05) is 38.3 Å². The lowest BCUT2D eigenvalue weighted by molar-refractivity contribution is -0.150. The fourth-order valence-electron chi connectivity index (χ4n) is 4.02. The molecule has 0 fully saturated rings. The van der Waals surface area contributed by atoms with E-state index in [-0.39, 0.29) is 5.96 Å². The summed E-state index contributed by atoms with van der Waals surface area (Å²) in [5.74, 6) is -1.07. The summed E-state index contributed by atoms with van der Waals surface area (Å²) in [6, 6.07) is 15.2. The van der Waals surface area contributed by atoms with Gasteiger partial charge in [-0.25, -0.2) is 4.79 Å². The number of rotatable bonds is 15. The maximum atomic E-state index is 11.2. The van der Waals surface area contributed by atoms with Crippen LogP contribution in [0.5, 0.6) is 5.75 Å². The minimum atomic E-state index is -1.00. The van der Waals surface area contributed by atoms with Gasteiger partial charge in [-0.1, -0.05) is 24.3 Å². The van der Waals surface area contributed by atoms with Gasteiger partial charge in [-0.3, -0.25) is 10.2 Å². The Labute approximate surface area is 235 Å². The van der Waals surface area contributed by atoms with E-state index < -0.39 is 24.1 Å². The minimum Gasteiger partial charge on any atom is -0.490 e. The number of anilines is 2. The highest BCUT2D eigenvalue weighted by atomic mass is 16.5. The van der Waals surface area contributed by atoms with E-state index in [0.29, 0.717) is 32.4 Å². The van der Waals surface area contributed by atoms with Crippen molar-refractivity contribution in [3.05, 3.63) is 54.1 Å². The van der Waals surface area contributed by atoms with E-state index >= 15 is 0 Å². The molecule has 1 unspecified atom stereocenters. The molecule has 220 valence electrons. The maximum Gasteiger partial charge on any atom is 0.333 e. The van der Waals surface area contributed by atoms with Gasteiger partial charge in [-0.2, -0.15) is 0 Å². The third-order valence-electron chi connectivity index (χ3n) is 6.10. The highest BCUT2D eigenvalue weighted by Gasteiger charge is 2.18. The molecule has 1 aliphatic heterocycles. The number of carboxylic acid groups (broad SMARTS) is 2. The van der Waals surface area contributed by atoms with Crippen LogP contribution in [0.25, 0.3) is 0 Å². The number of carbonyl (C=O) groups is 2. The van der Waals surface area contributed by atoms with Crippen molar-refractivity contribution in [2.75, 3.05) is 49.6 Å². The highest BCUT2D eigenvalue weighted by Crippen LogP contribution is 2.30. The van der Waals surface area contributed by atoms with E-state index in [1.165, 1.54) is 5.69 Å². The minimum absolute atomic E-state index is 0.112. The molecular weight excluding hydrogens is 516 g/mol. The van der Waals surface area contributed by atoms with Gasteiger partial charge in [-0.15, -0.1) is 0 Å². The van der Waals surface area contributed by atoms with E-state index in [1.807, 2.05) is 42.5 Å². The molecule has 0 radical (unpaired) electrons. The summed E-state index contributed by atoms with van der Waals surface area (Å²) in [4.78, 5) is 23.8. The topological polar surface area (TPSA) is 196 Å². The van der Waals surface area contributed by atoms with Gasteiger partial charge in [0.1, 0.15) is 18.4 Å². The first-order chi connectivity index (χ1) is 19.2. The summed E-state index contributed by atoms with van der Waals surface area (Å²) in [6.07, 6.45) is 1.57. The van der Waals surface area contributed by atoms with Gasteiger partial charge in [0.25, 0.3) is 0 Å². The highest BCUT2D eigenvalue weighted by molar-refractivity contribution is 5.74. The first-order valence-electron chi connectivity index (χ1n) is 13.4. The number of hydrogen-bond acceptors (Lipinski definition) is 8. The number of nitrogens with zero attached hydrogens (tertiary/aromatic N) is 1. The second-order valence-electron chi connectivity index (χ2n) is 9.19. The number of fused-ring (bicyclic) bond motifs is 1. The second-order valence-corrected chi connectivity index (χ2v) is 9.19. The molecule has 2 aromatic carbocycles. The molecule has 0 aromatic heterocycles. The predicted octanol–water partition coefficient (Wildman–Crippen LogP) is 2.08. The van der Waals surface area contributed by atoms with Crippen molar-refractivity contribution < 1.29 is 29.3 Å². The number of nitrogens with one attached hydrogen (secondary N) is 3. The molecule has 1 aliphatic rings. The summed E-state index contributed by atoms with van der Waals surface area (Å²) in [5.41, 5.74) is 13.4. The zero-order valence-corrected chi connectivity index (χ0v) is 23.0. The largest absolute Gasteiger partial charge is 0.490 e. The van der Waals surface area contributed by atoms with Crippen LogP contribution >= 0.6 is 0 Å². The Bertz CT molecular complexity index is 1070. The fraction of sp³-hybridized carbons (Fsp3) is 0.464. The van der Waals surface area contributed by atoms with Crippen LogP contribution in [-0.4, -0.2) is 79.6 Å². The standard InChI is InChI=1S/C22H28N2O4.C6H14N4O2/c1-2-27-21(22(25)26)16-17-8-10-18(11-9-17)23-12-5-13-24-14-15-28-20-7-4-3-6-19(20)24;7-4(5(11)12)2-1-3-10-6(8)9/h3-4,6-11,21,23H,2,5,12-16H2,1H3,(H,25,26);4H,1-3,7H2,(H,11,12)(H4,8,9,10)/t;4-/m.0/s1. The molecule has 0 amide bonds. The molecule has 12 heteroatoms. The number of nitrogens with two attached hydrogens (primary N) is 2. The van der Waals surface area contributed by atoms with Crippen molar-refractivity contribution in [2.45, 2.75) is 44.8 Å². The average Bonchev–Trinajstić information content (AvgIpc) is 2.94. The molecule has 0 aliphatic carbocycles. The summed E-state index contributed by atoms with van der Waals surface area (Å²) in [6.45, 7) is 6.16. The third-order valence-corrected chi connectivity index (χ3v) is 6.10. The van der Waals surface area contributed by atoms with Crippen LogP contribution in [0.1, 0.15) is 31.7 Å². The van der Waals surface area contributed by atoms with Gasteiger partial charge in [0.15, 0.2) is 12.1 Å². The van der Waals surface area contributed by atoms with Crippen molar-refractivity contribution in [2.24, 2.45) is 11.5 Å². The van der Waals surface area contributed by atoms with Crippen LogP contribution < -0.4 is 31.7 Å². The van der Waals surface area contributed by atoms with E-state index in [0.717, 1.165) is 49.7 Å². The fourth-order valence-corrected chi connectivity index (χ4v) is 4.02. The van der Waals surface area contributed by atoms with Gasteiger partial charge >= 0.3 is 11.9 Å². The van der Waals surface area contributed by atoms with Crippen molar-refractivity contribution in [1.29, 1.82) is 5.41 Å². The summed E-state index contributed by atoms with van der Waals surface area (Å²) < 4.78 is 11.0. The van der Waals surface area contributed by atoms with Crippen molar-refractivity contribution in [1.82, 2.24) is 5.32 Å². The molecule has 0 saturated carbocycles. The van der Waals surface area contributed by atoms with Crippen LogP contribution in [0.15, 0.2) is 48.5 Å². The van der Waals surface area contributed by atoms with Crippen molar-refractivity contribution >= 4 is 29.3 Å². The van der Waals surface area contributed by atoms with Crippen LogP contribution in [0.4, 0.5) is 11.4 Å². The molecular formula is C28H42N6O6. The maximum absolute atomic E-state index is 11.2. The molecule has 9 N–H and O–H groups in total. The molecule has 0 saturated heterocycles. The first-order valence-corrected chi connectivity index (χ1v) is 13.4. The van der Waals surface area contributed by atoms with E-state index in [1.54, 1.807) is 6.92 Å². The predicted molar refractivity (Wildman–Crippen MR) is 155 cm³/mol. The zero-order valence-electron chi connectivity index (χ0n) is 23.0. The summed E-state index contributed by atoms with van der Waals surface area (Å²) in [5, 5.41) is 30.3. The van der Waals surface area contributed by atoms with Gasteiger partial charge in [0.2, 0.25) is 0 Å². The van der Waals surface area contributed by atoms with Crippen LogP contribution in [0, 0.1) is 5.41 Å². The Morgan fingerprint density at radius 3 is 2.48 bits per heavy atom. The Hall–Kier alpha value is -4.03. The SMILES string of the molecule is CCOC(Cc1ccc(NCCCN2CCOc3ccccc32)cc1)C(=O)O.N=C(N)NCCC[C@H](N)C(=O)O. The number of hydrogen-bond donors (Lipinski definition) is 7. The van der Waals surface area contributed by atoms with Gasteiger partial charge in [-0.05, 0) is 56.0 Å². The Balaban J connectivity index is 0.000000395. The van der Waals surface area contributed by atoms with E-state index in [4.69, 9.17) is 31.5 Å². The second kappa shape index (κ2) is 17.5. The molecule has 40 heavy (non-hydrogen) atoms. The number of benzene rings is 2.